The molecule has 1 heterocycles. The van der Waals surface area contributed by atoms with E-state index < -0.39 is 18.0 Å². The molecule has 0 saturated heterocycles. The van der Waals surface area contributed by atoms with Crippen molar-refractivity contribution in [3.63, 3.8) is 0 Å². The van der Waals surface area contributed by atoms with E-state index in [9.17, 15) is 9.59 Å². The minimum absolute atomic E-state index is 0.367. The third-order valence-electron chi connectivity index (χ3n) is 4.75. The van der Waals surface area contributed by atoms with Crippen molar-refractivity contribution in [2.45, 2.75) is 33.5 Å². The van der Waals surface area contributed by atoms with Crippen LogP contribution in [0.2, 0.25) is 0 Å². The Morgan fingerprint density at radius 1 is 1.07 bits per heavy atom. The Labute approximate surface area is 175 Å². The minimum Gasteiger partial charge on any atom is -0.489 e. The zero-order valence-corrected chi connectivity index (χ0v) is 17.5. The number of anilines is 1. The Bertz CT molecular complexity index is 1030. The summed E-state index contributed by atoms with van der Waals surface area (Å²) in [6.07, 6.45) is -0.947. The van der Waals surface area contributed by atoms with Gasteiger partial charge in [-0.05, 0) is 50.6 Å². The molecule has 1 N–H and O–H groups in total. The second kappa shape index (κ2) is 9.26. The summed E-state index contributed by atoms with van der Waals surface area (Å²) >= 11 is 0. The van der Waals surface area contributed by atoms with E-state index in [1.807, 2.05) is 44.2 Å². The van der Waals surface area contributed by atoms with Crippen LogP contribution in [0, 0.1) is 13.8 Å². The normalized spacial score (nSPS) is 11.6. The van der Waals surface area contributed by atoms with Gasteiger partial charge in [-0.3, -0.25) is 9.48 Å². The molecule has 0 aliphatic heterocycles. The Morgan fingerprint density at radius 2 is 1.73 bits per heavy atom. The topological polar surface area (TPSA) is 82.5 Å². The molecule has 7 nitrogen and oxygen atoms in total. The number of nitrogens with one attached hydrogen (secondary N) is 1. The molecule has 0 spiro atoms. The first-order valence-corrected chi connectivity index (χ1v) is 9.64. The number of amides is 1. The number of para-hydroxylation sites is 1. The molecule has 0 aliphatic carbocycles. The molecule has 1 amide bonds. The molecular weight excluding hydrogens is 382 g/mol. The van der Waals surface area contributed by atoms with Crippen LogP contribution in [0.4, 0.5) is 5.69 Å². The van der Waals surface area contributed by atoms with Crippen molar-refractivity contribution in [1.29, 1.82) is 0 Å². The van der Waals surface area contributed by atoms with E-state index in [1.165, 1.54) is 6.92 Å². The number of benzene rings is 2. The number of aryl methyl sites for hydroxylation is 2. The van der Waals surface area contributed by atoms with Crippen LogP contribution in [0.3, 0.4) is 0 Å². The highest BCUT2D eigenvalue weighted by Gasteiger charge is 2.21. The van der Waals surface area contributed by atoms with Crippen molar-refractivity contribution in [2.24, 2.45) is 7.05 Å². The smallest absolute Gasteiger partial charge is 0.338 e. The van der Waals surface area contributed by atoms with Gasteiger partial charge in [0.15, 0.2) is 6.10 Å². The van der Waals surface area contributed by atoms with Crippen molar-refractivity contribution in [3.8, 4) is 5.75 Å². The Morgan fingerprint density at radius 3 is 2.33 bits per heavy atom. The van der Waals surface area contributed by atoms with Crippen LogP contribution in [-0.4, -0.2) is 27.8 Å². The summed E-state index contributed by atoms with van der Waals surface area (Å²) in [5.41, 5.74) is 3.45. The van der Waals surface area contributed by atoms with Crippen molar-refractivity contribution >= 4 is 17.6 Å². The molecule has 1 aromatic heterocycles. The number of nitrogens with zero attached hydrogens (tertiary/aromatic N) is 2. The number of ether oxygens (including phenoxy) is 2. The number of carbonyl (C=O) groups is 2. The van der Waals surface area contributed by atoms with Crippen LogP contribution in [0.25, 0.3) is 0 Å². The maximum atomic E-state index is 12.4. The number of aromatic nitrogens is 2. The van der Waals surface area contributed by atoms with Crippen molar-refractivity contribution < 1.29 is 19.1 Å². The van der Waals surface area contributed by atoms with Gasteiger partial charge in [-0.15, -0.1) is 0 Å². The molecule has 0 fully saturated rings. The van der Waals surface area contributed by atoms with Gasteiger partial charge in [0, 0.05) is 7.05 Å². The molecule has 30 heavy (non-hydrogen) atoms. The molecule has 2 aromatic carbocycles. The largest absolute Gasteiger partial charge is 0.489 e. The molecule has 3 aromatic rings. The predicted molar refractivity (Wildman–Crippen MR) is 113 cm³/mol. The van der Waals surface area contributed by atoms with Gasteiger partial charge in [0.1, 0.15) is 12.4 Å². The van der Waals surface area contributed by atoms with Crippen LogP contribution >= 0.6 is 0 Å². The lowest BCUT2D eigenvalue weighted by atomic mass is 10.1. The number of rotatable bonds is 7. The van der Waals surface area contributed by atoms with E-state index in [2.05, 4.69) is 10.4 Å². The predicted octanol–water partition coefficient (Wildman–Crippen LogP) is 3.80. The van der Waals surface area contributed by atoms with Gasteiger partial charge in [0.25, 0.3) is 5.91 Å². The van der Waals surface area contributed by atoms with Crippen LogP contribution in [-0.2, 0) is 23.2 Å². The van der Waals surface area contributed by atoms with Crippen LogP contribution in [0.15, 0.2) is 54.6 Å². The summed E-state index contributed by atoms with van der Waals surface area (Å²) < 4.78 is 12.7. The molecule has 0 radical (unpaired) electrons. The molecule has 3 rings (SSSR count). The van der Waals surface area contributed by atoms with Crippen LogP contribution < -0.4 is 10.1 Å². The van der Waals surface area contributed by atoms with Gasteiger partial charge < -0.3 is 14.8 Å². The highest BCUT2D eigenvalue weighted by molar-refractivity contribution is 5.98. The van der Waals surface area contributed by atoms with Crippen molar-refractivity contribution in [1.82, 2.24) is 9.78 Å². The second-order valence-corrected chi connectivity index (χ2v) is 7.00. The van der Waals surface area contributed by atoms with E-state index in [4.69, 9.17) is 9.47 Å². The molecular formula is C23H25N3O4. The average Bonchev–Trinajstić information content (AvgIpc) is 2.99. The Balaban J connectivity index is 1.55. The van der Waals surface area contributed by atoms with E-state index in [0.29, 0.717) is 23.6 Å². The van der Waals surface area contributed by atoms with Gasteiger partial charge in [0.2, 0.25) is 0 Å². The second-order valence-electron chi connectivity index (χ2n) is 7.00. The molecule has 1 atom stereocenters. The summed E-state index contributed by atoms with van der Waals surface area (Å²) in [6.45, 7) is 5.59. The Kier molecular flexibility index (Phi) is 6.51. The van der Waals surface area contributed by atoms with Gasteiger partial charge in [-0.1, -0.05) is 30.3 Å². The molecule has 7 heteroatoms. The van der Waals surface area contributed by atoms with Crippen LogP contribution in [0.1, 0.15) is 34.2 Å². The zero-order chi connectivity index (χ0) is 21.7. The lowest BCUT2D eigenvalue weighted by Gasteiger charge is -2.14. The maximum Gasteiger partial charge on any atom is 0.338 e. The van der Waals surface area contributed by atoms with E-state index in [0.717, 1.165) is 17.0 Å². The molecule has 0 saturated carbocycles. The lowest BCUT2D eigenvalue weighted by Crippen LogP contribution is -2.30. The van der Waals surface area contributed by atoms with Gasteiger partial charge in [-0.2, -0.15) is 5.10 Å². The number of hydrogen-bond donors (Lipinski definition) is 1. The standard InChI is InChI=1S/C23H25N3O4/c1-15-21(16(2)26(4)25-15)24-22(27)17(3)30-23(28)19-12-10-18(11-13-19)14-29-20-8-6-5-7-9-20/h5-13,17H,14H2,1-4H3,(H,24,27)/t17-/m1/s1. The first-order valence-electron chi connectivity index (χ1n) is 9.64. The van der Waals surface area contributed by atoms with E-state index in [1.54, 1.807) is 36.0 Å². The monoisotopic (exact) mass is 407 g/mol. The van der Waals surface area contributed by atoms with Crippen molar-refractivity contribution in [2.75, 3.05) is 5.32 Å². The Hall–Kier alpha value is -3.61. The fourth-order valence-electron chi connectivity index (χ4n) is 2.88. The first kappa shape index (κ1) is 21.1. The summed E-state index contributed by atoms with van der Waals surface area (Å²) in [5, 5.41) is 7.04. The molecule has 0 aliphatic rings. The van der Waals surface area contributed by atoms with E-state index >= 15 is 0 Å². The molecule has 156 valence electrons. The molecule has 0 bridgehead atoms. The summed E-state index contributed by atoms with van der Waals surface area (Å²) in [6, 6.07) is 16.4. The summed E-state index contributed by atoms with van der Waals surface area (Å²) in [4.78, 5) is 24.8. The lowest BCUT2D eigenvalue weighted by molar-refractivity contribution is -0.123. The van der Waals surface area contributed by atoms with Gasteiger partial charge in [-0.25, -0.2) is 4.79 Å². The highest BCUT2D eigenvalue weighted by atomic mass is 16.5. The fourth-order valence-corrected chi connectivity index (χ4v) is 2.88. The van der Waals surface area contributed by atoms with Gasteiger partial charge in [0.05, 0.1) is 22.6 Å². The summed E-state index contributed by atoms with van der Waals surface area (Å²) in [7, 11) is 1.80. The first-order chi connectivity index (χ1) is 14.3. The molecule has 0 unspecified atom stereocenters. The van der Waals surface area contributed by atoms with Gasteiger partial charge >= 0.3 is 5.97 Å². The van der Waals surface area contributed by atoms with E-state index in [-0.39, 0.29) is 0 Å². The highest BCUT2D eigenvalue weighted by Crippen LogP contribution is 2.19. The maximum absolute atomic E-state index is 12.4. The third kappa shape index (κ3) is 5.05. The fraction of sp³-hybridized carbons (Fsp3) is 0.261. The number of esters is 1. The zero-order valence-electron chi connectivity index (χ0n) is 17.5. The SMILES string of the molecule is Cc1nn(C)c(C)c1NC(=O)[C@@H](C)OC(=O)c1ccc(COc2ccccc2)cc1. The number of hydrogen-bond acceptors (Lipinski definition) is 5. The minimum atomic E-state index is -0.947. The quantitative estimate of drug-likeness (QED) is 0.603. The van der Waals surface area contributed by atoms with Crippen molar-refractivity contribution in [3.05, 3.63) is 77.1 Å². The third-order valence-corrected chi connectivity index (χ3v) is 4.75. The summed E-state index contributed by atoms with van der Waals surface area (Å²) in [5.74, 6) is -0.192. The average molecular weight is 407 g/mol. The van der Waals surface area contributed by atoms with Crippen LogP contribution in [0.5, 0.6) is 5.75 Å². The number of carbonyl (C=O) groups excluding carboxylic acids is 2.